The van der Waals surface area contributed by atoms with E-state index >= 15 is 0 Å². The molecule has 0 aliphatic heterocycles. The normalized spacial score (nSPS) is 11.3. The zero-order chi connectivity index (χ0) is 15.9. The fourth-order valence-electron chi connectivity index (χ4n) is 2.36. The van der Waals surface area contributed by atoms with Crippen LogP contribution < -0.4 is 0 Å². The van der Waals surface area contributed by atoms with Gasteiger partial charge in [-0.1, -0.05) is 59.7 Å². The van der Waals surface area contributed by atoms with Gasteiger partial charge in [-0.3, -0.25) is 0 Å². The number of hydrogen-bond acceptors (Lipinski definition) is 2. The Kier molecular flexibility index (Phi) is 5.54. The number of rotatable bonds is 5. The summed E-state index contributed by atoms with van der Waals surface area (Å²) in [5.41, 5.74) is 6.05. The molecule has 0 aromatic heterocycles. The van der Waals surface area contributed by atoms with Crippen molar-refractivity contribution in [1.82, 2.24) is 0 Å². The fourth-order valence-corrected chi connectivity index (χ4v) is 2.36. The van der Waals surface area contributed by atoms with E-state index < -0.39 is 0 Å². The Balaban J connectivity index is 2.01. The molecule has 0 radical (unpaired) electrons. The van der Waals surface area contributed by atoms with Crippen LogP contribution in [0.3, 0.4) is 0 Å². The van der Waals surface area contributed by atoms with Crippen LogP contribution in [0.25, 0.3) is 11.1 Å². The Morgan fingerprint density at radius 1 is 1.09 bits per heavy atom. The van der Waals surface area contributed by atoms with Gasteiger partial charge >= 0.3 is 5.97 Å². The van der Waals surface area contributed by atoms with Crippen molar-refractivity contribution in [3.63, 3.8) is 0 Å². The first-order chi connectivity index (χ1) is 10.6. The topological polar surface area (TPSA) is 26.3 Å². The average Bonchev–Trinajstić information content (AvgIpc) is 2.53. The molecule has 0 bridgehead atoms. The third-order valence-electron chi connectivity index (χ3n) is 3.68. The molecule has 2 aromatic rings. The Bertz CT molecular complexity index is 666. The molecule has 22 heavy (non-hydrogen) atoms. The summed E-state index contributed by atoms with van der Waals surface area (Å²) >= 11 is 0. The van der Waals surface area contributed by atoms with E-state index in [1.165, 1.54) is 29.4 Å². The molecule has 0 fully saturated rings. The lowest BCUT2D eigenvalue weighted by molar-refractivity contribution is -0.134. The Morgan fingerprint density at radius 2 is 1.82 bits per heavy atom. The molecule has 2 heteroatoms. The van der Waals surface area contributed by atoms with Crippen molar-refractivity contribution in [3.8, 4) is 11.1 Å². The van der Waals surface area contributed by atoms with Crippen LogP contribution in [0.4, 0.5) is 0 Å². The second-order valence-corrected chi connectivity index (χ2v) is 5.58. The van der Waals surface area contributed by atoms with Gasteiger partial charge < -0.3 is 4.74 Å². The Hall–Kier alpha value is -2.35. The quantitative estimate of drug-likeness (QED) is 0.589. The zero-order valence-corrected chi connectivity index (χ0v) is 13.4. The van der Waals surface area contributed by atoms with Crippen LogP contribution in [0.5, 0.6) is 0 Å². The van der Waals surface area contributed by atoms with E-state index in [0.29, 0.717) is 0 Å². The maximum atomic E-state index is 11.2. The lowest BCUT2D eigenvalue weighted by Gasteiger charge is -2.06. The van der Waals surface area contributed by atoms with E-state index in [0.717, 1.165) is 18.4 Å². The maximum Gasteiger partial charge on any atom is 0.330 e. The standard InChI is InChI=1S/C20H22O2/c1-15-5-4-6-19(13-15)18-11-9-17(10-12-18)8-7-16(2)14-20(21)22-3/h4-6,9-14H,7-8H2,1-3H3/b16-14+. The van der Waals surface area contributed by atoms with Crippen LogP contribution in [0.2, 0.25) is 0 Å². The van der Waals surface area contributed by atoms with E-state index in [9.17, 15) is 4.79 Å². The summed E-state index contributed by atoms with van der Waals surface area (Å²) < 4.78 is 4.63. The lowest BCUT2D eigenvalue weighted by atomic mass is 10.00. The summed E-state index contributed by atoms with van der Waals surface area (Å²) in [5, 5.41) is 0. The van der Waals surface area contributed by atoms with Crippen molar-refractivity contribution in [2.75, 3.05) is 7.11 Å². The highest BCUT2D eigenvalue weighted by atomic mass is 16.5. The van der Waals surface area contributed by atoms with Crippen LogP contribution in [-0.2, 0) is 16.0 Å². The number of carbonyl (C=O) groups is 1. The molecule has 0 atom stereocenters. The number of aryl methyl sites for hydroxylation is 2. The van der Waals surface area contributed by atoms with Crippen LogP contribution in [0, 0.1) is 6.92 Å². The second kappa shape index (κ2) is 7.60. The van der Waals surface area contributed by atoms with Crippen molar-refractivity contribution in [2.45, 2.75) is 26.7 Å². The minimum absolute atomic E-state index is 0.285. The minimum atomic E-state index is -0.285. The van der Waals surface area contributed by atoms with Crippen LogP contribution in [-0.4, -0.2) is 13.1 Å². The largest absolute Gasteiger partial charge is 0.466 e. The summed E-state index contributed by atoms with van der Waals surface area (Å²) in [7, 11) is 1.40. The van der Waals surface area contributed by atoms with Gasteiger partial charge in [0.2, 0.25) is 0 Å². The van der Waals surface area contributed by atoms with Gasteiger partial charge in [0.25, 0.3) is 0 Å². The molecule has 0 amide bonds. The number of allylic oxidation sites excluding steroid dienone is 1. The molecule has 2 nitrogen and oxygen atoms in total. The van der Waals surface area contributed by atoms with Gasteiger partial charge in [0.05, 0.1) is 7.11 Å². The molecular weight excluding hydrogens is 272 g/mol. The number of ether oxygens (including phenoxy) is 1. The maximum absolute atomic E-state index is 11.2. The number of hydrogen-bond donors (Lipinski definition) is 0. The summed E-state index contributed by atoms with van der Waals surface area (Å²) in [5.74, 6) is -0.285. The van der Waals surface area contributed by atoms with Gasteiger partial charge in [-0.25, -0.2) is 4.79 Å². The predicted octanol–water partition coefficient (Wildman–Crippen LogP) is 4.71. The summed E-state index contributed by atoms with van der Waals surface area (Å²) in [6.45, 7) is 4.06. The number of methoxy groups -OCH3 is 1. The number of carbonyl (C=O) groups excluding carboxylic acids is 1. The van der Waals surface area contributed by atoms with Gasteiger partial charge in [0.1, 0.15) is 0 Å². The first-order valence-electron chi connectivity index (χ1n) is 7.49. The van der Waals surface area contributed by atoms with Crippen LogP contribution >= 0.6 is 0 Å². The summed E-state index contributed by atoms with van der Waals surface area (Å²) in [6.07, 6.45) is 3.34. The molecule has 0 saturated carbocycles. The van der Waals surface area contributed by atoms with Crippen LogP contribution in [0.15, 0.2) is 60.2 Å². The smallest absolute Gasteiger partial charge is 0.330 e. The van der Waals surface area contributed by atoms with Gasteiger partial charge in [-0.2, -0.15) is 0 Å². The lowest BCUT2D eigenvalue weighted by Crippen LogP contribution is -1.96. The van der Waals surface area contributed by atoms with Crippen molar-refractivity contribution in [2.24, 2.45) is 0 Å². The van der Waals surface area contributed by atoms with Gasteiger partial charge in [-0.15, -0.1) is 0 Å². The van der Waals surface area contributed by atoms with Crippen LogP contribution in [0.1, 0.15) is 24.5 Å². The van der Waals surface area contributed by atoms with Gasteiger partial charge in [-0.05, 0) is 43.4 Å². The summed E-state index contributed by atoms with van der Waals surface area (Å²) in [6, 6.07) is 17.1. The molecule has 0 N–H and O–H groups in total. The Morgan fingerprint density at radius 3 is 2.45 bits per heavy atom. The molecule has 2 aromatic carbocycles. The van der Waals surface area contributed by atoms with E-state index in [1.54, 1.807) is 6.08 Å². The molecule has 0 heterocycles. The zero-order valence-electron chi connectivity index (χ0n) is 13.4. The van der Waals surface area contributed by atoms with Crippen molar-refractivity contribution in [1.29, 1.82) is 0 Å². The van der Waals surface area contributed by atoms with E-state index in [4.69, 9.17) is 0 Å². The highest BCUT2D eigenvalue weighted by Gasteiger charge is 2.01. The van der Waals surface area contributed by atoms with Gasteiger partial charge in [0.15, 0.2) is 0 Å². The molecule has 0 aliphatic rings. The monoisotopic (exact) mass is 294 g/mol. The van der Waals surface area contributed by atoms with Crippen molar-refractivity contribution < 1.29 is 9.53 Å². The number of esters is 1. The molecule has 2 rings (SSSR count). The highest BCUT2D eigenvalue weighted by molar-refractivity contribution is 5.82. The highest BCUT2D eigenvalue weighted by Crippen LogP contribution is 2.21. The number of benzene rings is 2. The van der Waals surface area contributed by atoms with Crippen molar-refractivity contribution in [3.05, 3.63) is 71.3 Å². The third-order valence-corrected chi connectivity index (χ3v) is 3.68. The SMILES string of the molecule is COC(=O)/C=C(\C)CCc1ccc(-c2cccc(C)c2)cc1. The summed E-state index contributed by atoms with van der Waals surface area (Å²) in [4.78, 5) is 11.2. The first-order valence-corrected chi connectivity index (χ1v) is 7.49. The molecule has 0 unspecified atom stereocenters. The third kappa shape index (κ3) is 4.59. The predicted molar refractivity (Wildman–Crippen MR) is 90.7 cm³/mol. The van der Waals surface area contributed by atoms with Crippen molar-refractivity contribution >= 4 is 5.97 Å². The fraction of sp³-hybridized carbons (Fsp3) is 0.250. The first kappa shape index (κ1) is 16.0. The van der Waals surface area contributed by atoms with E-state index in [-0.39, 0.29) is 5.97 Å². The molecule has 114 valence electrons. The molecular formula is C20H22O2. The molecule has 0 aliphatic carbocycles. The Labute approximate surface area is 132 Å². The van der Waals surface area contributed by atoms with Gasteiger partial charge in [0, 0.05) is 6.08 Å². The molecule has 0 saturated heterocycles. The molecule has 0 spiro atoms. The average molecular weight is 294 g/mol. The minimum Gasteiger partial charge on any atom is -0.466 e. The second-order valence-electron chi connectivity index (χ2n) is 5.58. The van der Waals surface area contributed by atoms with E-state index in [2.05, 4.69) is 60.2 Å². The van der Waals surface area contributed by atoms with E-state index in [1.807, 2.05) is 6.92 Å².